The fourth-order valence-electron chi connectivity index (χ4n) is 10.1. The Labute approximate surface area is 534 Å². The van der Waals surface area contributed by atoms with Crippen LogP contribution in [0.2, 0.25) is 0 Å². The molecule has 5 aromatic carbocycles. The minimum absolute atomic E-state index is 0.0515. The Morgan fingerprint density at radius 3 is 1.42 bits per heavy atom. The Kier molecular flexibility index (Phi) is 26.0. The van der Waals surface area contributed by atoms with Crippen molar-refractivity contribution in [1.82, 2.24) is 24.1 Å². The van der Waals surface area contributed by atoms with E-state index in [1.54, 1.807) is 44.2 Å². The molecule has 0 saturated carbocycles. The maximum absolute atomic E-state index is 14.0. The highest BCUT2D eigenvalue weighted by molar-refractivity contribution is 7.89. The van der Waals surface area contributed by atoms with Crippen LogP contribution >= 0.6 is 0 Å². The number of non-ortho nitro benzene ring substituents is 2. The minimum Gasteiger partial charge on any atom is -0.444 e. The monoisotopic (exact) mass is 1320 g/mol. The van der Waals surface area contributed by atoms with Crippen LogP contribution in [0.15, 0.2) is 143 Å². The van der Waals surface area contributed by atoms with Crippen molar-refractivity contribution in [2.24, 2.45) is 17.6 Å². The van der Waals surface area contributed by atoms with Gasteiger partial charge in [0.15, 0.2) is 0 Å². The Hall–Kier alpha value is -8.52. The molecule has 92 heavy (non-hydrogen) atoms. The van der Waals surface area contributed by atoms with E-state index in [9.17, 15) is 56.2 Å². The second-order valence-electron chi connectivity index (χ2n) is 23.1. The average Bonchev–Trinajstić information content (AvgIpc) is 0.914. The van der Waals surface area contributed by atoms with E-state index in [4.69, 9.17) is 44.6 Å². The number of benzene rings is 5. The number of nitrogen functional groups attached to an aromatic ring is 1. The largest absolute Gasteiger partial charge is 0.514 e. The number of nitro benzene ring substituents is 2. The van der Waals surface area contributed by atoms with Crippen molar-refractivity contribution < 1.29 is 79.0 Å². The number of rotatable bonds is 27. The number of sulfonamides is 2. The van der Waals surface area contributed by atoms with Crippen molar-refractivity contribution in [1.29, 1.82) is 0 Å². The van der Waals surface area contributed by atoms with Crippen LogP contribution in [0.25, 0.3) is 0 Å². The molecule has 3 amide bonds. The summed E-state index contributed by atoms with van der Waals surface area (Å²) in [5, 5.41) is 27.9. The van der Waals surface area contributed by atoms with E-state index >= 15 is 0 Å². The molecule has 28 nitrogen and oxygen atoms in total. The summed E-state index contributed by atoms with van der Waals surface area (Å²) in [6.45, 7) is 8.92. The first kappa shape index (κ1) is 70.9. The van der Waals surface area contributed by atoms with Crippen LogP contribution in [-0.4, -0.2) is 173 Å². The van der Waals surface area contributed by atoms with Gasteiger partial charge in [0.1, 0.15) is 30.2 Å². The molecule has 0 bridgehead atoms. The van der Waals surface area contributed by atoms with Crippen LogP contribution in [-0.2, 0) is 61.3 Å². The molecule has 3 heterocycles. The Balaban J connectivity index is 0.000000263. The zero-order chi connectivity index (χ0) is 66.5. The lowest BCUT2D eigenvalue weighted by Crippen LogP contribution is -2.54. The molecule has 0 spiro atoms. The quantitative estimate of drug-likeness (QED) is 0.00990. The van der Waals surface area contributed by atoms with Gasteiger partial charge in [-0.3, -0.25) is 20.2 Å². The molecule has 0 radical (unpaired) electrons. The number of nitrogens with two attached hydrogens (primary N) is 2. The zero-order valence-corrected chi connectivity index (χ0v) is 53.1. The zero-order valence-electron chi connectivity index (χ0n) is 51.5. The van der Waals surface area contributed by atoms with Crippen LogP contribution in [0.3, 0.4) is 0 Å². The number of carbonyl (C=O) groups excluding carboxylic acids is 4. The van der Waals surface area contributed by atoms with E-state index in [2.05, 4.69) is 10.6 Å². The lowest BCUT2D eigenvalue weighted by molar-refractivity contribution is -0.385. The maximum Gasteiger partial charge on any atom is 0.514 e. The molecular weight excluding hydrogens is 1240 g/mol. The summed E-state index contributed by atoms with van der Waals surface area (Å²) in [5.74, 6) is -0.363. The molecule has 498 valence electrons. The first-order valence-electron chi connectivity index (χ1n) is 29.9. The molecule has 3 fully saturated rings. The molecule has 0 aromatic heterocycles. The van der Waals surface area contributed by atoms with Crippen molar-refractivity contribution >= 4 is 61.5 Å². The summed E-state index contributed by atoms with van der Waals surface area (Å²) in [4.78, 5) is 75.1. The molecule has 0 unspecified atom stereocenters. The highest BCUT2D eigenvalue weighted by atomic mass is 32.2. The number of nitrogens with zero attached hydrogens (tertiary/aromatic N) is 5. The van der Waals surface area contributed by atoms with Gasteiger partial charge in [0.2, 0.25) is 20.0 Å². The van der Waals surface area contributed by atoms with E-state index in [0.717, 1.165) is 46.3 Å². The van der Waals surface area contributed by atoms with E-state index in [-0.39, 0.29) is 83.9 Å². The topological polar surface area (TPSA) is 373 Å². The predicted molar refractivity (Wildman–Crippen MR) is 335 cm³/mol. The standard InChI is InChI=1S/C32H36N4O12S.C30H43N5O7S/c1-22(2)19-34(49(43,44)28-14-10-25(11-15-28)36(41)42)20-30(48-32(38)47-26-12-8-24(9-13-26)35(39)40)29(18-23-6-4-3-5-7-23)33-31(37)46-27-16-17-45-21-27;1-21(2)17-35(43(38,39)26-10-8-23(31)9-11-26)19-28(42-30(37)34-14-12-24(32)18-34)27(16-22-6-4-3-5-7-22)33-29(36)41-25-13-15-40-20-25/h3-15,22,27,29-30H,16-21H2,1-2H3,(H,33,37);3-11,21,24-25,27-28H,12-20,31-32H2,1-2H3,(H,33,36)/t27-,29-,30+;24-,25-,27-,28+/m00/s1. The summed E-state index contributed by atoms with van der Waals surface area (Å²) in [7, 11) is -8.37. The lowest BCUT2D eigenvalue weighted by atomic mass is 10.0. The number of amides is 3. The Morgan fingerprint density at radius 2 is 1.03 bits per heavy atom. The van der Waals surface area contributed by atoms with Crippen molar-refractivity contribution in [3.63, 3.8) is 0 Å². The van der Waals surface area contributed by atoms with Gasteiger partial charge in [0.25, 0.3) is 11.4 Å². The number of nitrogens with one attached hydrogen (secondary N) is 2. The predicted octanol–water partition coefficient (Wildman–Crippen LogP) is 7.44. The summed E-state index contributed by atoms with van der Waals surface area (Å²) in [6.07, 6.45) is -4.78. The maximum atomic E-state index is 14.0. The van der Waals surface area contributed by atoms with Crippen LogP contribution < -0.4 is 26.8 Å². The molecule has 7 atom stereocenters. The van der Waals surface area contributed by atoms with Gasteiger partial charge in [-0.05, 0) is 90.8 Å². The molecule has 3 saturated heterocycles. The van der Waals surface area contributed by atoms with Crippen molar-refractivity contribution in [2.75, 3.05) is 71.4 Å². The van der Waals surface area contributed by atoms with Gasteiger partial charge in [-0.1, -0.05) is 88.4 Å². The molecule has 30 heteroatoms. The number of anilines is 1. The highest BCUT2D eigenvalue weighted by Crippen LogP contribution is 2.27. The summed E-state index contributed by atoms with van der Waals surface area (Å²) in [5.41, 5.74) is 13.3. The molecule has 3 aliphatic rings. The number of alkyl carbamates (subject to hydrolysis) is 2. The molecule has 6 N–H and O–H groups in total. The molecule has 5 aromatic rings. The summed E-state index contributed by atoms with van der Waals surface area (Å²) in [6, 6.07) is 31.1. The number of carbonyl (C=O) groups is 4. The van der Waals surface area contributed by atoms with Crippen molar-refractivity contribution in [3.8, 4) is 5.75 Å². The number of hydrogen-bond donors (Lipinski definition) is 4. The van der Waals surface area contributed by atoms with E-state index in [0.29, 0.717) is 63.4 Å². The fraction of sp³-hybridized carbons (Fsp3) is 0.452. The van der Waals surface area contributed by atoms with Crippen LogP contribution in [0.4, 0.5) is 36.2 Å². The second kappa shape index (κ2) is 33.7. The average molecular weight is 1320 g/mol. The minimum atomic E-state index is -4.34. The van der Waals surface area contributed by atoms with Gasteiger partial charge >= 0.3 is 24.4 Å². The summed E-state index contributed by atoms with van der Waals surface area (Å²) < 4.78 is 97.0. The molecule has 3 aliphatic heterocycles. The first-order valence-corrected chi connectivity index (χ1v) is 32.8. The van der Waals surface area contributed by atoms with Gasteiger partial charge in [-0.2, -0.15) is 8.61 Å². The fourth-order valence-corrected chi connectivity index (χ4v) is 13.4. The number of hydrogen-bond acceptors (Lipinski definition) is 21. The number of likely N-dealkylation sites (tertiary alicyclic amines) is 1. The molecular formula is C62H79N9O19S2. The van der Waals surface area contributed by atoms with Crippen molar-refractivity contribution in [2.45, 2.75) is 112 Å². The third-order valence-electron chi connectivity index (χ3n) is 14.8. The van der Waals surface area contributed by atoms with Crippen LogP contribution in [0.1, 0.15) is 58.1 Å². The van der Waals surface area contributed by atoms with Crippen LogP contribution in [0, 0.1) is 32.1 Å². The van der Waals surface area contributed by atoms with Gasteiger partial charge in [0, 0.05) is 75.0 Å². The van der Waals surface area contributed by atoms with Crippen molar-refractivity contribution in [3.05, 3.63) is 165 Å². The SMILES string of the molecule is CC(C)CN(C[C@@H](OC(=O)N1CC[C@H](N)C1)[C@H](Cc1ccccc1)NC(=O)O[C@H]1CCOC1)S(=O)(=O)c1ccc(N)cc1.CC(C)CN(C[C@@H](OC(=O)Oc1ccc([N+](=O)[O-])cc1)[C@H](Cc1ccccc1)NC(=O)O[C@H]1CCOC1)S(=O)(=O)c1ccc([N+](=O)[O-])cc1. The first-order chi connectivity index (χ1) is 43.8. The van der Waals surface area contributed by atoms with Gasteiger partial charge in [-0.15, -0.1) is 0 Å². The smallest absolute Gasteiger partial charge is 0.444 e. The van der Waals surface area contributed by atoms with E-state index in [1.165, 1.54) is 45.6 Å². The Bertz CT molecular complexity index is 3460. The third kappa shape index (κ3) is 21.6. The summed E-state index contributed by atoms with van der Waals surface area (Å²) >= 11 is 0. The normalized spacial score (nSPS) is 17.8. The highest BCUT2D eigenvalue weighted by Gasteiger charge is 2.39. The van der Waals surface area contributed by atoms with Crippen LogP contribution in [0.5, 0.6) is 5.75 Å². The molecule has 8 rings (SSSR count). The third-order valence-corrected chi connectivity index (χ3v) is 18.5. The number of nitro groups is 2. The number of ether oxygens (including phenoxy) is 7. The van der Waals surface area contributed by atoms with Gasteiger partial charge < -0.3 is 60.2 Å². The van der Waals surface area contributed by atoms with Gasteiger partial charge in [0.05, 0.1) is 71.2 Å². The van der Waals surface area contributed by atoms with Gasteiger partial charge in [-0.25, -0.2) is 36.0 Å². The lowest BCUT2D eigenvalue weighted by Gasteiger charge is -2.34. The second-order valence-corrected chi connectivity index (χ2v) is 27.0. The van der Waals surface area contributed by atoms with E-state index in [1.807, 2.05) is 44.2 Å². The molecule has 0 aliphatic carbocycles. The van der Waals surface area contributed by atoms with E-state index < -0.39 is 97.4 Å². The Morgan fingerprint density at radius 1 is 0.609 bits per heavy atom.